The zero-order valence-electron chi connectivity index (χ0n) is 15.4. The molecule has 0 fully saturated rings. The maximum atomic E-state index is 12.4. The maximum Gasteiger partial charge on any atom is 0.265 e. The number of rotatable bonds is 7. The molecule has 1 aromatic heterocycles. The number of carbonyl (C=O) groups is 2. The predicted octanol–water partition coefficient (Wildman–Crippen LogP) is 2.32. The fourth-order valence-electron chi connectivity index (χ4n) is 2.24. The summed E-state index contributed by atoms with van der Waals surface area (Å²) in [6, 6.07) is 7.82. The molecule has 146 valence electrons. The van der Waals surface area contributed by atoms with E-state index in [9.17, 15) is 9.59 Å². The van der Waals surface area contributed by atoms with Crippen LogP contribution in [0.15, 0.2) is 29.4 Å². The van der Waals surface area contributed by atoms with Crippen molar-refractivity contribution < 1.29 is 9.59 Å². The Morgan fingerprint density at radius 1 is 1.26 bits per heavy atom. The van der Waals surface area contributed by atoms with Crippen LogP contribution in [0.5, 0.6) is 0 Å². The zero-order chi connectivity index (χ0) is 19.1. The fraction of sp³-hybridized carbons (Fsp3) is 0.294. The number of nitrogens with zero attached hydrogens (tertiary/aromatic N) is 3. The van der Waals surface area contributed by atoms with Crippen LogP contribution >= 0.6 is 23.7 Å². The average molecular weight is 411 g/mol. The summed E-state index contributed by atoms with van der Waals surface area (Å²) in [7, 11) is 3.39. The maximum absolute atomic E-state index is 12.4. The monoisotopic (exact) mass is 410 g/mol. The molecule has 4 N–H and O–H groups in total. The number of halogens is 1. The van der Waals surface area contributed by atoms with Crippen LogP contribution in [-0.4, -0.2) is 42.1 Å². The van der Waals surface area contributed by atoms with Gasteiger partial charge < -0.3 is 21.4 Å². The lowest BCUT2D eigenvalue weighted by atomic mass is 10.1. The van der Waals surface area contributed by atoms with E-state index in [1.165, 1.54) is 29.5 Å². The molecule has 1 aromatic carbocycles. The van der Waals surface area contributed by atoms with Crippen molar-refractivity contribution in [1.82, 2.24) is 9.88 Å². The minimum absolute atomic E-state index is 0. The number of thiazole rings is 1. The largest absolute Gasteiger partial charge is 0.345 e. The third kappa shape index (κ3) is 6.54. The van der Waals surface area contributed by atoms with Crippen molar-refractivity contribution in [2.45, 2.75) is 19.8 Å². The highest BCUT2D eigenvalue weighted by Crippen LogP contribution is 2.25. The first-order chi connectivity index (χ1) is 12.4. The molecule has 2 amide bonds. The number of anilines is 2. The molecule has 0 unspecified atom stereocenters. The van der Waals surface area contributed by atoms with Crippen LogP contribution in [0.1, 0.15) is 27.9 Å². The molecular weight excluding hydrogens is 388 g/mol. The van der Waals surface area contributed by atoms with Gasteiger partial charge in [0.05, 0.1) is 5.69 Å². The summed E-state index contributed by atoms with van der Waals surface area (Å²) in [5.41, 5.74) is 2.68. The molecule has 2 rings (SSSR count). The fourth-order valence-corrected chi connectivity index (χ4v) is 3.32. The molecule has 0 aliphatic rings. The first-order valence-electron chi connectivity index (χ1n) is 7.97. The molecule has 2 aromatic rings. The van der Waals surface area contributed by atoms with Crippen molar-refractivity contribution in [1.29, 1.82) is 0 Å². The molecule has 27 heavy (non-hydrogen) atoms. The molecule has 0 spiro atoms. The molecule has 10 heteroatoms. The second-order valence-electron chi connectivity index (χ2n) is 5.80. The number of benzene rings is 1. The Hall–Kier alpha value is -2.65. The first kappa shape index (κ1) is 22.4. The van der Waals surface area contributed by atoms with Crippen LogP contribution in [0.3, 0.4) is 0 Å². The molecule has 0 aliphatic carbocycles. The van der Waals surface area contributed by atoms with E-state index in [2.05, 4.69) is 20.7 Å². The summed E-state index contributed by atoms with van der Waals surface area (Å²) in [5, 5.41) is 9.41. The van der Waals surface area contributed by atoms with Crippen LogP contribution in [0, 0.1) is 0 Å². The number of amides is 2. The molecule has 0 bridgehead atoms. The Balaban J connectivity index is 0.00000364. The van der Waals surface area contributed by atoms with Crippen molar-refractivity contribution in [3.05, 3.63) is 40.4 Å². The number of hydrogen-bond donors (Lipinski definition) is 3. The molecule has 0 saturated carbocycles. The summed E-state index contributed by atoms with van der Waals surface area (Å²) in [5.74, 6) is 4.73. The van der Waals surface area contributed by atoms with Gasteiger partial charge in [-0.25, -0.2) is 4.98 Å². The summed E-state index contributed by atoms with van der Waals surface area (Å²) in [6.45, 7) is 1.42. The first-order valence-corrected chi connectivity index (χ1v) is 8.78. The van der Waals surface area contributed by atoms with E-state index < -0.39 is 0 Å². The van der Waals surface area contributed by atoms with Crippen molar-refractivity contribution in [2.24, 2.45) is 10.9 Å². The van der Waals surface area contributed by atoms with E-state index in [4.69, 9.17) is 5.84 Å². The van der Waals surface area contributed by atoms with Crippen molar-refractivity contribution in [3.8, 4) is 0 Å². The number of hydrazone groups is 1. The third-order valence-electron chi connectivity index (χ3n) is 3.49. The van der Waals surface area contributed by atoms with Gasteiger partial charge in [-0.15, -0.1) is 12.4 Å². The number of nitrogens with two attached hydrogens (primary N) is 1. The normalized spacial score (nSPS) is 10.3. The number of nitrogens with one attached hydrogen (secondary N) is 2. The van der Waals surface area contributed by atoms with Gasteiger partial charge in [-0.05, 0) is 30.5 Å². The minimum Gasteiger partial charge on any atom is -0.345 e. The van der Waals surface area contributed by atoms with Gasteiger partial charge in [0.15, 0.2) is 5.13 Å². The van der Waals surface area contributed by atoms with Gasteiger partial charge in [0.2, 0.25) is 5.91 Å². The van der Waals surface area contributed by atoms with Crippen LogP contribution < -0.4 is 16.5 Å². The zero-order valence-corrected chi connectivity index (χ0v) is 17.0. The quantitative estimate of drug-likeness (QED) is 0.280. The van der Waals surface area contributed by atoms with Gasteiger partial charge in [0.25, 0.3) is 5.91 Å². The summed E-state index contributed by atoms with van der Waals surface area (Å²) in [6.07, 6.45) is 2.73. The van der Waals surface area contributed by atoms with Crippen LogP contribution in [0.4, 0.5) is 10.8 Å². The van der Waals surface area contributed by atoms with Gasteiger partial charge in [-0.1, -0.05) is 23.5 Å². The standard InChI is InChI=1S/C17H22N6O2S.ClH/c1-11(24)21-17-22-14(15(26-17)16(25)23(2)3)9-6-12-4-7-13(8-5-12)19-10-20-18;/h4-5,7-8,10H,6,9,18H2,1-3H3,(H,19,20)(H,21,22,24);1H. The number of aryl methyl sites for hydroxylation is 2. The van der Waals surface area contributed by atoms with E-state index in [1.807, 2.05) is 24.3 Å². The molecule has 1 heterocycles. The van der Waals surface area contributed by atoms with Crippen molar-refractivity contribution >= 4 is 52.7 Å². The van der Waals surface area contributed by atoms with Crippen LogP contribution in [-0.2, 0) is 17.6 Å². The molecule has 8 nitrogen and oxygen atoms in total. The third-order valence-corrected chi connectivity index (χ3v) is 4.49. The highest BCUT2D eigenvalue weighted by Gasteiger charge is 2.20. The van der Waals surface area contributed by atoms with Gasteiger partial charge >= 0.3 is 0 Å². The van der Waals surface area contributed by atoms with Crippen LogP contribution in [0.2, 0.25) is 0 Å². The van der Waals surface area contributed by atoms with E-state index in [0.29, 0.717) is 22.1 Å². The summed E-state index contributed by atoms with van der Waals surface area (Å²) < 4.78 is 0. The highest BCUT2D eigenvalue weighted by molar-refractivity contribution is 7.17. The average Bonchev–Trinajstić information content (AvgIpc) is 3.00. The Labute approximate surface area is 168 Å². The summed E-state index contributed by atoms with van der Waals surface area (Å²) in [4.78, 5) is 30.1. The molecule has 0 radical (unpaired) electrons. The Morgan fingerprint density at radius 3 is 2.48 bits per heavy atom. The molecular formula is C17H23ClN6O2S. The Morgan fingerprint density at radius 2 is 1.93 bits per heavy atom. The number of carbonyl (C=O) groups excluding carboxylic acids is 2. The molecule has 0 atom stereocenters. The van der Waals surface area contributed by atoms with Crippen LogP contribution in [0.25, 0.3) is 0 Å². The smallest absolute Gasteiger partial charge is 0.265 e. The van der Waals surface area contributed by atoms with Crippen molar-refractivity contribution in [2.75, 3.05) is 24.7 Å². The molecule has 0 aliphatic heterocycles. The van der Waals surface area contributed by atoms with Gasteiger partial charge in [0.1, 0.15) is 11.2 Å². The van der Waals surface area contributed by atoms with E-state index in [1.54, 1.807) is 14.1 Å². The summed E-state index contributed by atoms with van der Waals surface area (Å²) >= 11 is 1.20. The lowest BCUT2D eigenvalue weighted by Gasteiger charge is -2.09. The lowest BCUT2D eigenvalue weighted by molar-refractivity contribution is -0.114. The van der Waals surface area contributed by atoms with Gasteiger partial charge in [-0.2, -0.15) is 5.10 Å². The molecule has 0 saturated heterocycles. The highest BCUT2D eigenvalue weighted by atomic mass is 35.5. The second kappa shape index (κ2) is 10.5. The number of hydrogen-bond acceptors (Lipinski definition) is 6. The van der Waals surface area contributed by atoms with E-state index in [-0.39, 0.29) is 24.2 Å². The van der Waals surface area contributed by atoms with Crippen molar-refractivity contribution in [3.63, 3.8) is 0 Å². The predicted molar refractivity (Wildman–Crippen MR) is 112 cm³/mol. The Kier molecular flexibility index (Phi) is 8.70. The van der Waals surface area contributed by atoms with E-state index >= 15 is 0 Å². The lowest BCUT2D eigenvalue weighted by Crippen LogP contribution is -2.22. The van der Waals surface area contributed by atoms with Gasteiger partial charge in [0, 0.05) is 26.7 Å². The van der Waals surface area contributed by atoms with Gasteiger partial charge in [-0.3, -0.25) is 9.59 Å². The Bertz CT molecular complexity index is 804. The van der Waals surface area contributed by atoms with E-state index in [0.717, 1.165) is 17.7 Å². The number of aromatic nitrogens is 1. The second-order valence-corrected chi connectivity index (χ2v) is 6.79. The SMILES string of the molecule is CC(=O)Nc1nc(CCc2ccc(NC=NN)cc2)c(C(=O)N(C)C)s1.Cl. The minimum atomic E-state index is -0.210. The topological polar surface area (TPSA) is 113 Å².